The summed E-state index contributed by atoms with van der Waals surface area (Å²) >= 11 is 7.91. The zero-order valence-electron chi connectivity index (χ0n) is 61.1. The summed E-state index contributed by atoms with van der Waals surface area (Å²) in [6.45, 7) is 27.0. The molecule has 0 spiro atoms. The van der Waals surface area contributed by atoms with Crippen molar-refractivity contribution in [3.05, 3.63) is 288 Å². The smallest absolute Gasteiger partial charge is 0.252 e. The summed E-state index contributed by atoms with van der Waals surface area (Å²) in [6, 6.07) is 80.9. The molecule has 6 heteroatoms. The van der Waals surface area contributed by atoms with Crippen molar-refractivity contribution < 1.29 is 6.85 Å². The van der Waals surface area contributed by atoms with E-state index in [1.807, 2.05) is 48.5 Å². The van der Waals surface area contributed by atoms with Crippen molar-refractivity contribution >= 4 is 90.6 Å². The van der Waals surface area contributed by atoms with E-state index in [0.29, 0.717) is 27.4 Å². The summed E-state index contributed by atoms with van der Waals surface area (Å²) in [6.07, 6.45) is 0. The van der Waals surface area contributed by atoms with Gasteiger partial charge in [0.1, 0.15) is 6.07 Å². The molecule has 95 heavy (non-hydrogen) atoms. The van der Waals surface area contributed by atoms with E-state index in [1.54, 1.807) is 0 Å². The predicted octanol–water partition coefficient (Wildman–Crippen LogP) is 22.9. The third-order valence-corrected chi connectivity index (χ3v) is 19.7. The van der Waals surface area contributed by atoms with Crippen LogP contribution in [0.4, 0.5) is 34.1 Å². The Morgan fingerprint density at radius 3 is 1.36 bits per heavy atom. The van der Waals surface area contributed by atoms with Crippen LogP contribution in [-0.2, 0) is 21.7 Å². The van der Waals surface area contributed by atoms with E-state index in [9.17, 15) is 8.00 Å². The molecule has 0 radical (unpaired) electrons. The monoisotopic (exact) mass is 1250 g/mol. The largest absolute Gasteiger partial charge is 0.311 e. The number of fused-ring (bicyclic) bond motifs is 7. The van der Waals surface area contributed by atoms with E-state index in [0.717, 1.165) is 111 Å². The van der Waals surface area contributed by atoms with Crippen LogP contribution in [-0.4, -0.2) is 11.3 Å². The molecule has 1 aromatic heterocycles. The number of hydrogen-bond acceptors (Lipinski definition) is 3. The van der Waals surface area contributed by atoms with Crippen molar-refractivity contribution in [2.24, 2.45) is 0 Å². The van der Waals surface area contributed by atoms with E-state index >= 15 is 0 Å². The van der Waals surface area contributed by atoms with Gasteiger partial charge in [-0.25, -0.2) is 0 Å². The Morgan fingerprint density at radius 1 is 0.368 bits per heavy atom. The number of anilines is 6. The number of benzene rings is 12. The fourth-order valence-electron chi connectivity index (χ4n) is 14.3. The van der Waals surface area contributed by atoms with Gasteiger partial charge in [-0.3, -0.25) is 0 Å². The van der Waals surface area contributed by atoms with Crippen molar-refractivity contribution in [1.82, 2.24) is 4.57 Å². The molecule has 0 saturated carbocycles. The quantitative estimate of drug-likeness (QED) is 0.142. The van der Waals surface area contributed by atoms with Gasteiger partial charge >= 0.3 is 0 Å². The zero-order valence-corrected chi connectivity index (χ0v) is 56.9. The standard InChI is InChI=1S/C89H78BClN4/c1-86(2,3)65-42-62(43-66(50-65)87(4,5)6)58-36-39-76-81(48-58)94(71-46-61(56-25-15-13-16-26-56)41-64(47-71)73-30-20-19-29-72(73)57-27-17-14-18-28-57)83-52-69(91)53-84-85(83)90(76)77-40-37-59(63-44-67(88(7,8)9)51-68(45-63)89(10,11)12)49-82(77)95(84)80-54-70(38-35-60(80)55-92)93-78-33-23-21-31-74(78)75-32-22-24-34-79(75)93/h13-54H,1-12H3/i14D,17D,18D,27D,28D. The van der Waals surface area contributed by atoms with Crippen molar-refractivity contribution in [1.29, 1.82) is 5.26 Å². The molecule has 0 aliphatic carbocycles. The number of nitriles is 1. The molecule has 12 aromatic carbocycles. The second-order valence-corrected chi connectivity index (χ2v) is 30.4. The summed E-state index contributed by atoms with van der Waals surface area (Å²) in [5.41, 5.74) is 24.2. The Labute approximate surface area is 573 Å². The van der Waals surface area contributed by atoms with Gasteiger partial charge in [-0.15, -0.1) is 0 Å². The van der Waals surface area contributed by atoms with E-state index in [-0.39, 0.29) is 46.0 Å². The molecule has 0 amide bonds. The number of para-hydroxylation sites is 2. The first-order chi connectivity index (χ1) is 47.5. The molecular weight excluding hydrogens is 1170 g/mol. The van der Waals surface area contributed by atoms with Gasteiger partial charge in [-0.1, -0.05) is 277 Å². The molecular formula is C89H78BClN4. The highest BCUT2D eigenvalue weighted by Crippen LogP contribution is 2.51. The minimum atomic E-state index is -0.447. The van der Waals surface area contributed by atoms with Gasteiger partial charge in [0.05, 0.1) is 29.1 Å². The molecule has 464 valence electrons. The number of nitrogens with zero attached hydrogens (tertiary/aromatic N) is 4. The molecule has 2 aliphatic rings. The van der Waals surface area contributed by atoms with Gasteiger partial charge in [-0.2, -0.15) is 5.26 Å². The van der Waals surface area contributed by atoms with E-state index in [1.165, 1.54) is 22.3 Å². The van der Waals surface area contributed by atoms with E-state index < -0.39 is 18.1 Å². The van der Waals surface area contributed by atoms with Crippen molar-refractivity contribution in [3.8, 4) is 67.4 Å². The SMILES string of the molecule is [2H]c1c([2H])c([2H])c(-c2ccccc2-c2cc(-c3ccccc3)cc(N3c4cc(-c5cc(C(C)(C)C)cc(C(C)(C)C)c5)ccc4B4c5ccc(-c6cc(C(C)(C)C)cc(C(C)(C)C)c6)cc5N(c5cc(-n6c7ccccc7c7ccccc76)ccc5C#N)c5cc(Cl)cc3c54)c2)c([2H])c1[2H]. The lowest BCUT2D eigenvalue weighted by molar-refractivity contribution is 0.568. The molecule has 0 N–H and O–H groups in total. The average molecular weight is 1250 g/mol. The van der Waals surface area contributed by atoms with E-state index in [2.05, 4.69) is 279 Å². The lowest BCUT2D eigenvalue weighted by Gasteiger charge is -2.44. The minimum Gasteiger partial charge on any atom is -0.311 e. The topological polar surface area (TPSA) is 35.2 Å². The second kappa shape index (κ2) is 22.8. The van der Waals surface area contributed by atoms with Gasteiger partial charge in [-0.05, 0) is 189 Å². The highest BCUT2D eigenvalue weighted by Gasteiger charge is 2.45. The number of hydrogen-bond donors (Lipinski definition) is 0. The molecule has 15 rings (SSSR count). The summed E-state index contributed by atoms with van der Waals surface area (Å²) < 4.78 is 47.2. The molecule has 2 aliphatic heterocycles. The highest BCUT2D eigenvalue weighted by molar-refractivity contribution is 7.00. The van der Waals surface area contributed by atoms with Crippen LogP contribution in [0.1, 0.15) is 118 Å². The van der Waals surface area contributed by atoms with Gasteiger partial charge in [0.2, 0.25) is 0 Å². The van der Waals surface area contributed by atoms with Gasteiger partial charge in [0, 0.05) is 49.9 Å². The summed E-state index contributed by atoms with van der Waals surface area (Å²) in [5.74, 6) is 0. The Balaban J connectivity index is 1.06. The first-order valence-corrected chi connectivity index (χ1v) is 33.4. The summed E-state index contributed by atoms with van der Waals surface area (Å²) in [4.78, 5) is 4.67. The predicted molar refractivity (Wildman–Crippen MR) is 407 cm³/mol. The van der Waals surface area contributed by atoms with Gasteiger partial charge in [0.15, 0.2) is 0 Å². The molecule has 0 bridgehead atoms. The van der Waals surface area contributed by atoms with Crippen LogP contribution in [0.5, 0.6) is 0 Å². The van der Waals surface area contributed by atoms with E-state index in [4.69, 9.17) is 15.7 Å². The Morgan fingerprint density at radius 2 is 0.832 bits per heavy atom. The lowest BCUT2D eigenvalue weighted by Crippen LogP contribution is -2.61. The molecule has 0 saturated heterocycles. The Hall–Kier alpha value is -10.1. The molecule has 0 unspecified atom stereocenters. The van der Waals surface area contributed by atoms with Gasteiger partial charge in [0.25, 0.3) is 6.71 Å². The number of aromatic nitrogens is 1. The Bertz CT molecular complexity index is 5450. The van der Waals surface area contributed by atoms with Crippen LogP contribution in [0.25, 0.3) is 83.1 Å². The molecule has 0 atom stereocenters. The number of rotatable bonds is 8. The first-order valence-electron chi connectivity index (χ1n) is 35.5. The fourth-order valence-corrected chi connectivity index (χ4v) is 14.6. The molecule has 13 aromatic rings. The first kappa shape index (κ1) is 55.3. The lowest BCUT2D eigenvalue weighted by atomic mass is 9.33. The second-order valence-electron chi connectivity index (χ2n) is 30.0. The van der Waals surface area contributed by atoms with Gasteiger partial charge < -0.3 is 14.4 Å². The highest BCUT2D eigenvalue weighted by atomic mass is 35.5. The average Bonchev–Trinajstić information content (AvgIpc) is 0.825. The molecule has 3 heterocycles. The van der Waals surface area contributed by atoms with Crippen LogP contribution in [0.15, 0.2) is 255 Å². The zero-order chi connectivity index (χ0) is 70.4. The normalized spacial score (nSPS) is 13.8. The molecule has 4 nitrogen and oxygen atoms in total. The maximum Gasteiger partial charge on any atom is 0.252 e. The number of halogens is 1. The maximum absolute atomic E-state index is 11.7. The molecule has 0 fully saturated rings. The summed E-state index contributed by atoms with van der Waals surface area (Å²) in [7, 11) is 0. The van der Waals surface area contributed by atoms with Crippen LogP contribution in [0.3, 0.4) is 0 Å². The van der Waals surface area contributed by atoms with Crippen molar-refractivity contribution in [3.63, 3.8) is 0 Å². The maximum atomic E-state index is 11.7. The minimum absolute atomic E-state index is 0.123. The van der Waals surface area contributed by atoms with Crippen LogP contribution in [0, 0.1) is 11.3 Å². The third kappa shape index (κ3) is 10.8. The Kier molecular flexibility index (Phi) is 13.3. The fraction of sp³-hybridized carbons (Fsp3) is 0.180. The third-order valence-electron chi connectivity index (χ3n) is 19.5. The van der Waals surface area contributed by atoms with Crippen LogP contribution in [0.2, 0.25) is 5.02 Å². The van der Waals surface area contributed by atoms with Crippen molar-refractivity contribution in [2.75, 3.05) is 9.80 Å². The van der Waals surface area contributed by atoms with Crippen LogP contribution < -0.4 is 26.2 Å². The van der Waals surface area contributed by atoms with Crippen molar-refractivity contribution in [2.45, 2.75) is 105 Å². The van der Waals surface area contributed by atoms with Crippen LogP contribution >= 0.6 is 11.6 Å². The summed E-state index contributed by atoms with van der Waals surface area (Å²) in [5, 5.41) is 14.4.